The molecule has 3 aromatic rings. The van der Waals surface area contributed by atoms with E-state index in [1.807, 2.05) is 43.3 Å². The molecule has 5 nitrogen and oxygen atoms in total. The Hall–Kier alpha value is -3.05. The molecule has 0 unspecified atom stereocenters. The molecule has 0 saturated carbocycles. The summed E-state index contributed by atoms with van der Waals surface area (Å²) in [4.78, 5) is 17.1. The highest BCUT2D eigenvalue weighted by atomic mass is 35.5. The molecule has 1 aromatic heterocycles. The fourth-order valence-corrected chi connectivity index (χ4v) is 3.74. The van der Waals surface area contributed by atoms with Crippen molar-refractivity contribution in [3.8, 4) is 16.9 Å². The Kier molecular flexibility index (Phi) is 5.41. The lowest BCUT2D eigenvalue weighted by Crippen LogP contribution is -2.34. The number of carbonyl (C=O) groups is 1. The molecule has 0 fully saturated rings. The number of hydrogen-bond acceptors (Lipinski definition) is 3. The van der Waals surface area contributed by atoms with Crippen LogP contribution in [0.4, 0.5) is 4.79 Å². The molecule has 1 amide bonds. The molecule has 1 N–H and O–H groups in total. The van der Waals surface area contributed by atoms with Crippen molar-refractivity contribution in [3.05, 3.63) is 82.1 Å². The van der Waals surface area contributed by atoms with Crippen LogP contribution in [0.3, 0.4) is 0 Å². The van der Waals surface area contributed by atoms with Gasteiger partial charge in [0.2, 0.25) is 0 Å². The third-order valence-corrected chi connectivity index (χ3v) is 5.32. The number of hydrogen-bond donors (Lipinski definition) is 1. The molecular formula is C23H21ClN2O3. The second-order valence-corrected chi connectivity index (χ2v) is 7.63. The first-order chi connectivity index (χ1) is 14.0. The number of benzene rings is 2. The maximum absolute atomic E-state index is 11.3. The van der Waals surface area contributed by atoms with Gasteiger partial charge in [0.05, 0.1) is 5.69 Å². The van der Waals surface area contributed by atoms with E-state index in [9.17, 15) is 9.90 Å². The molecule has 2 aromatic carbocycles. The molecule has 0 spiro atoms. The SMILES string of the molecule is Cc1ccnc(COc2ccc(Cl)cc2-c2ccc3c(c2)CN(C(=O)O)CC3)c1. The van der Waals surface area contributed by atoms with Gasteiger partial charge in [-0.15, -0.1) is 0 Å². The molecule has 2 heterocycles. The normalized spacial score (nSPS) is 13.1. The molecule has 0 aliphatic carbocycles. The number of fused-ring (bicyclic) bond motifs is 1. The predicted molar refractivity (Wildman–Crippen MR) is 112 cm³/mol. The summed E-state index contributed by atoms with van der Waals surface area (Å²) in [7, 11) is 0. The molecule has 0 atom stereocenters. The Morgan fingerprint density at radius 2 is 2.03 bits per heavy atom. The van der Waals surface area contributed by atoms with Crippen molar-refractivity contribution >= 4 is 17.7 Å². The lowest BCUT2D eigenvalue weighted by Gasteiger charge is -2.27. The van der Waals surface area contributed by atoms with Crippen molar-refractivity contribution in [2.24, 2.45) is 0 Å². The maximum atomic E-state index is 11.3. The number of aromatic nitrogens is 1. The first kappa shape index (κ1) is 19.3. The molecule has 1 aliphatic heterocycles. The zero-order valence-electron chi connectivity index (χ0n) is 16.1. The Morgan fingerprint density at radius 3 is 2.83 bits per heavy atom. The van der Waals surface area contributed by atoms with Crippen LogP contribution in [0.1, 0.15) is 22.4 Å². The van der Waals surface area contributed by atoms with Crippen molar-refractivity contribution in [2.75, 3.05) is 6.54 Å². The highest BCUT2D eigenvalue weighted by Gasteiger charge is 2.21. The minimum atomic E-state index is -0.890. The molecule has 0 bridgehead atoms. The number of halogens is 1. The first-order valence-corrected chi connectivity index (χ1v) is 9.81. The quantitative estimate of drug-likeness (QED) is 0.634. The van der Waals surface area contributed by atoms with E-state index in [1.54, 1.807) is 12.3 Å². The number of pyridine rings is 1. The highest BCUT2D eigenvalue weighted by Crippen LogP contribution is 2.35. The van der Waals surface area contributed by atoms with Crippen LogP contribution in [0.15, 0.2) is 54.7 Å². The minimum Gasteiger partial charge on any atom is -0.487 e. The molecule has 0 saturated heterocycles. The topological polar surface area (TPSA) is 62.7 Å². The van der Waals surface area contributed by atoms with Gasteiger partial charge in [0.25, 0.3) is 0 Å². The van der Waals surface area contributed by atoms with Gasteiger partial charge in [0.1, 0.15) is 12.4 Å². The summed E-state index contributed by atoms with van der Waals surface area (Å²) < 4.78 is 6.07. The van der Waals surface area contributed by atoms with Crippen LogP contribution in [-0.4, -0.2) is 27.6 Å². The van der Waals surface area contributed by atoms with Crippen molar-refractivity contribution in [2.45, 2.75) is 26.5 Å². The fraction of sp³-hybridized carbons (Fsp3) is 0.217. The Morgan fingerprint density at radius 1 is 1.17 bits per heavy atom. The van der Waals surface area contributed by atoms with Crippen molar-refractivity contribution in [1.29, 1.82) is 0 Å². The van der Waals surface area contributed by atoms with Crippen LogP contribution in [0.2, 0.25) is 5.02 Å². The number of aryl methyl sites for hydroxylation is 1. The van der Waals surface area contributed by atoms with Gasteiger partial charge >= 0.3 is 6.09 Å². The summed E-state index contributed by atoms with van der Waals surface area (Å²) in [5.74, 6) is 0.712. The Bertz CT molecular complexity index is 1070. The van der Waals surface area contributed by atoms with Gasteiger partial charge in [-0.25, -0.2) is 4.79 Å². The Balaban J connectivity index is 1.64. The third-order valence-electron chi connectivity index (χ3n) is 5.09. The van der Waals surface area contributed by atoms with Gasteiger partial charge in [0.15, 0.2) is 0 Å². The standard InChI is InChI=1S/C23H21ClN2O3/c1-15-6-8-25-20(10-15)14-29-22-5-4-19(24)12-21(22)17-3-2-16-7-9-26(23(27)28)13-18(16)11-17/h2-6,8,10-12H,7,9,13-14H2,1H3,(H,27,28). The Labute approximate surface area is 174 Å². The van der Waals surface area contributed by atoms with Crippen LogP contribution in [0.25, 0.3) is 11.1 Å². The van der Waals surface area contributed by atoms with Crippen LogP contribution in [0, 0.1) is 6.92 Å². The lowest BCUT2D eigenvalue weighted by molar-refractivity contribution is 0.140. The van der Waals surface area contributed by atoms with Crippen LogP contribution < -0.4 is 4.74 Å². The van der Waals surface area contributed by atoms with Gasteiger partial charge < -0.3 is 14.7 Å². The molecule has 0 radical (unpaired) electrons. The van der Waals surface area contributed by atoms with Crippen LogP contribution >= 0.6 is 11.6 Å². The van der Waals surface area contributed by atoms with E-state index in [2.05, 4.69) is 11.1 Å². The second-order valence-electron chi connectivity index (χ2n) is 7.19. The summed E-state index contributed by atoms with van der Waals surface area (Å²) in [6, 6.07) is 15.6. The molecule has 29 heavy (non-hydrogen) atoms. The van der Waals surface area contributed by atoms with E-state index >= 15 is 0 Å². The van der Waals surface area contributed by atoms with Gasteiger partial charge in [-0.2, -0.15) is 0 Å². The molecule has 4 rings (SSSR count). The molecule has 1 aliphatic rings. The fourth-order valence-electron chi connectivity index (χ4n) is 3.57. The monoisotopic (exact) mass is 408 g/mol. The zero-order valence-corrected chi connectivity index (χ0v) is 16.8. The van der Waals surface area contributed by atoms with E-state index in [0.717, 1.165) is 34.4 Å². The molecular weight excluding hydrogens is 388 g/mol. The number of carboxylic acid groups (broad SMARTS) is 1. The average molecular weight is 409 g/mol. The minimum absolute atomic E-state index is 0.355. The van der Waals surface area contributed by atoms with E-state index < -0.39 is 6.09 Å². The number of ether oxygens (including phenoxy) is 1. The second kappa shape index (κ2) is 8.13. The van der Waals surface area contributed by atoms with Crippen molar-refractivity contribution < 1.29 is 14.6 Å². The molecule has 6 heteroatoms. The van der Waals surface area contributed by atoms with E-state index in [0.29, 0.717) is 30.5 Å². The summed E-state index contributed by atoms with van der Waals surface area (Å²) >= 11 is 6.26. The summed E-state index contributed by atoms with van der Waals surface area (Å²) in [6.45, 7) is 3.29. The number of rotatable bonds is 4. The van der Waals surface area contributed by atoms with E-state index in [4.69, 9.17) is 16.3 Å². The largest absolute Gasteiger partial charge is 0.487 e. The number of nitrogens with zero attached hydrogens (tertiary/aromatic N) is 2. The van der Waals surface area contributed by atoms with Crippen molar-refractivity contribution in [3.63, 3.8) is 0 Å². The zero-order chi connectivity index (χ0) is 20.4. The summed E-state index contributed by atoms with van der Waals surface area (Å²) in [5.41, 5.74) is 6.01. The van der Waals surface area contributed by atoms with Crippen LogP contribution in [0.5, 0.6) is 5.75 Å². The highest BCUT2D eigenvalue weighted by molar-refractivity contribution is 6.31. The summed E-state index contributed by atoms with van der Waals surface area (Å²) in [6.07, 6.45) is 1.60. The van der Waals surface area contributed by atoms with E-state index in [-0.39, 0.29) is 0 Å². The smallest absolute Gasteiger partial charge is 0.407 e. The average Bonchev–Trinajstić information content (AvgIpc) is 2.72. The predicted octanol–water partition coefficient (Wildman–Crippen LogP) is 5.33. The van der Waals surface area contributed by atoms with Gasteiger partial charge in [0, 0.05) is 29.9 Å². The molecule has 148 valence electrons. The van der Waals surface area contributed by atoms with Crippen LogP contribution in [-0.2, 0) is 19.6 Å². The first-order valence-electron chi connectivity index (χ1n) is 9.43. The van der Waals surface area contributed by atoms with E-state index in [1.165, 1.54) is 10.5 Å². The van der Waals surface area contributed by atoms with Gasteiger partial charge in [-0.3, -0.25) is 4.98 Å². The number of amides is 1. The maximum Gasteiger partial charge on any atom is 0.407 e. The van der Waals surface area contributed by atoms with Crippen molar-refractivity contribution in [1.82, 2.24) is 9.88 Å². The lowest BCUT2D eigenvalue weighted by atomic mass is 9.94. The summed E-state index contributed by atoms with van der Waals surface area (Å²) in [5, 5.41) is 9.93. The van der Waals surface area contributed by atoms with Gasteiger partial charge in [-0.1, -0.05) is 23.7 Å². The third kappa shape index (κ3) is 4.35. The van der Waals surface area contributed by atoms with Gasteiger partial charge in [-0.05, 0) is 72.0 Å².